The lowest BCUT2D eigenvalue weighted by atomic mass is 10.1. The van der Waals surface area contributed by atoms with Gasteiger partial charge in [-0.15, -0.1) is 0 Å². The van der Waals surface area contributed by atoms with Gasteiger partial charge < -0.3 is 10.6 Å². The largest absolute Gasteiger partial charge is 0.343 e. The first kappa shape index (κ1) is 9.03. The average molecular weight is 170 g/mol. The highest BCUT2D eigenvalue weighted by molar-refractivity contribution is 5.96. The standard InChI is InChI=1S/C8H14N2O2/c1-3-5-7(11)10-6(4-2)8(12)9-5/h5-6H,3-4H2,1-2H3,(H,9,12)(H,10,11)/t5-,6-/m1/s1. The summed E-state index contributed by atoms with van der Waals surface area (Å²) in [5.41, 5.74) is 0. The van der Waals surface area contributed by atoms with E-state index >= 15 is 0 Å². The summed E-state index contributed by atoms with van der Waals surface area (Å²) < 4.78 is 0. The van der Waals surface area contributed by atoms with Crippen molar-refractivity contribution in [1.29, 1.82) is 0 Å². The van der Waals surface area contributed by atoms with Gasteiger partial charge in [0.05, 0.1) is 0 Å². The van der Waals surface area contributed by atoms with E-state index in [1.165, 1.54) is 0 Å². The molecule has 0 spiro atoms. The van der Waals surface area contributed by atoms with Gasteiger partial charge in [-0.25, -0.2) is 0 Å². The van der Waals surface area contributed by atoms with Crippen LogP contribution in [0, 0.1) is 0 Å². The van der Waals surface area contributed by atoms with Crippen molar-refractivity contribution in [3.05, 3.63) is 0 Å². The predicted molar refractivity (Wildman–Crippen MR) is 44.4 cm³/mol. The highest BCUT2D eigenvalue weighted by Gasteiger charge is 2.30. The van der Waals surface area contributed by atoms with Crippen LogP contribution in [0.25, 0.3) is 0 Å². The first-order valence-corrected chi connectivity index (χ1v) is 4.29. The Morgan fingerprint density at radius 3 is 1.58 bits per heavy atom. The molecule has 1 fully saturated rings. The molecule has 0 aromatic rings. The fourth-order valence-electron chi connectivity index (χ4n) is 1.25. The van der Waals surface area contributed by atoms with E-state index < -0.39 is 0 Å². The quantitative estimate of drug-likeness (QED) is 0.602. The maximum absolute atomic E-state index is 11.2. The monoisotopic (exact) mass is 170 g/mol. The Morgan fingerprint density at radius 1 is 1.00 bits per heavy atom. The molecule has 2 amide bonds. The Kier molecular flexibility index (Phi) is 2.68. The summed E-state index contributed by atoms with van der Waals surface area (Å²) in [6.45, 7) is 3.74. The first-order chi connectivity index (χ1) is 5.69. The molecule has 1 heterocycles. The van der Waals surface area contributed by atoms with E-state index in [0.29, 0.717) is 12.8 Å². The Morgan fingerprint density at radius 2 is 1.33 bits per heavy atom. The van der Waals surface area contributed by atoms with Crippen LogP contribution in [0.1, 0.15) is 26.7 Å². The van der Waals surface area contributed by atoms with Crippen molar-refractivity contribution in [1.82, 2.24) is 10.6 Å². The smallest absolute Gasteiger partial charge is 0.243 e. The number of carbonyl (C=O) groups is 2. The van der Waals surface area contributed by atoms with Crippen LogP contribution in [0.15, 0.2) is 0 Å². The van der Waals surface area contributed by atoms with Gasteiger partial charge in [0.2, 0.25) is 11.8 Å². The van der Waals surface area contributed by atoms with E-state index in [1.54, 1.807) is 0 Å². The summed E-state index contributed by atoms with van der Waals surface area (Å²) in [5.74, 6) is -0.132. The first-order valence-electron chi connectivity index (χ1n) is 4.29. The summed E-state index contributed by atoms with van der Waals surface area (Å²) in [6.07, 6.45) is 1.29. The van der Waals surface area contributed by atoms with Gasteiger partial charge in [0.25, 0.3) is 0 Å². The molecule has 0 aromatic heterocycles. The SMILES string of the molecule is CC[C@H]1NC(=O)[C@@H](CC)NC1=O. The summed E-state index contributed by atoms with van der Waals surface area (Å²) in [7, 11) is 0. The summed E-state index contributed by atoms with van der Waals surface area (Å²) in [5, 5.41) is 5.33. The maximum Gasteiger partial charge on any atom is 0.243 e. The van der Waals surface area contributed by atoms with Gasteiger partial charge in [-0.3, -0.25) is 9.59 Å². The predicted octanol–water partition coefficient (Wildman–Crippen LogP) is -0.210. The van der Waals surface area contributed by atoms with E-state index in [0.717, 1.165) is 0 Å². The number of rotatable bonds is 2. The fourth-order valence-corrected chi connectivity index (χ4v) is 1.25. The van der Waals surface area contributed by atoms with Gasteiger partial charge in [0.1, 0.15) is 12.1 Å². The van der Waals surface area contributed by atoms with E-state index in [1.807, 2.05) is 13.8 Å². The molecule has 0 unspecified atom stereocenters. The summed E-state index contributed by atoms with van der Waals surface area (Å²) >= 11 is 0. The third-order valence-corrected chi connectivity index (χ3v) is 2.08. The minimum absolute atomic E-state index is 0.0658. The Bertz CT molecular complexity index is 181. The van der Waals surface area contributed by atoms with Gasteiger partial charge in [-0.2, -0.15) is 0 Å². The second kappa shape index (κ2) is 3.56. The van der Waals surface area contributed by atoms with Crippen molar-refractivity contribution in [2.24, 2.45) is 0 Å². The van der Waals surface area contributed by atoms with Crippen molar-refractivity contribution >= 4 is 11.8 Å². The zero-order valence-electron chi connectivity index (χ0n) is 7.39. The fraction of sp³-hybridized carbons (Fsp3) is 0.750. The molecule has 4 nitrogen and oxygen atoms in total. The number of hydrogen-bond donors (Lipinski definition) is 2. The van der Waals surface area contributed by atoms with Crippen molar-refractivity contribution in [3.8, 4) is 0 Å². The van der Waals surface area contributed by atoms with Crippen molar-refractivity contribution in [3.63, 3.8) is 0 Å². The molecule has 1 aliphatic heterocycles. The molecule has 1 aliphatic rings. The molecule has 1 rings (SSSR count). The van der Waals surface area contributed by atoms with Crippen LogP contribution in [-0.2, 0) is 9.59 Å². The van der Waals surface area contributed by atoms with Gasteiger partial charge >= 0.3 is 0 Å². The van der Waals surface area contributed by atoms with E-state index in [2.05, 4.69) is 10.6 Å². The van der Waals surface area contributed by atoms with E-state index in [9.17, 15) is 9.59 Å². The minimum atomic E-state index is -0.333. The Labute approximate surface area is 71.7 Å². The lowest BCUT2D eigenvalue weighted by Crippen LogP contribution is -2.61. The summed E-state index contributed by atoms with van der Waals surface area (Å²) in [6, 6.07) is -0.666. The third-order valence-electron chi connectivity index (χ3n) is 2.08. The number of hydrogen-bond acceptors (Lipinski definition) is 2. The van der Waals surface area contributed by atoms with Crippen LogP contribution in [0.4, 0.5) is 0 Å². The van der Waals surface area contributed by atoms with Gasteiger partial charge in [0.15, 0.2) is 0 Å². The molecule has 2 N–H and O–H groups in total. The van der Waals surface area contributed by atoms with Gasteiger partial charge in [0, 0.05) is 0 Å². The lowest BCUT2D eigenvalue weighted by Gasteiger charge is -2.28. The molecule has 0 radical (unpaired) electrons. The molecule has 12 heavy (non-hydrogen) atoms. The van der Waals surface area contributed by atoms with Crippen LogP contribution >= 0.6 is 0 Å². The topological polar surface area (TPSA) is 58.2 Å². The number of piperazine rings is 1. The van der Waals surface area contributed by atoms with Gasteiger partial charge in [-0.1, -0.05) is 13.8 Å². The molecular formula is C8H14N2O2. The molecule has 68 valence electrons. The molecule has 4 heteroatoms. The van der Waals surface area contributed by atoms with Crippen LogP contribution in [0.3, 0.4) is 0 Å². The molecule has 0 bridgehead atoms. The second-order valence-electron chi connectivity index (χ2n) is 2.94. The molecule has 0 saturated carbocycles. The van der Waals surface area contributed by atoms with Crippen LogP contribution in [-0.4, -0.2) is 23.9 Å². The van der Waals surface area contributed by atoms with E-state index in [4.69, 9.17) is 0 Å². The Balaban J connectivity index is 2.61. The highest BCUT2D eigenvalue weighted by atomic mass is 16.2. The number of carbonyl (C=O) groups excluding carboxylic acids is 2. The van der Waals surface area contributed by atoms with E-state index in [-0.39, 0.29) is 23.9 Å². The van der Waals surface area contributed by atoms with Gasteiger partial charge in [-0.05, 0) is 12.8 Å². The average Bonchev–Trinajstić information content (AvgIpc) is 2.08. The summed E-state index contributed by atoms with van der Waals surface area (Å²) in [4.78, 5) is 22.4. The van der Waals surface area contributed by atoms with Crippen LogP contribution in [0.5, 0.6) is 0 Å². The van der Waals surface area contributed by atoms with Crippen LogP contribution < -0.4 is 10.6 Å². The molecule has 2 atom stereocenters. The van der Waals surface area contributed by atoms with Crippen molar-refractivity contribution in [2.75, 3.05) is 0 Å². The highest BCUT2D eigenvalue weighted by Crippen LogP contribution is 2.02. The second-order valence-corrected chi connectivity index (χ2v) is 2.94. The third kappa shape index (κ3) is 1.57. The molecule has 1 saturated heterocycles. The maximum atomic E-state index is 11.2. The molecular weight excluding hydrogens is 156 g/mol. The lowest BCUT2D eigenvalue weighted by molar-refractivity contribution is -0.136. The zero-order valence-corrected chi connectivity index (χ0v) is 7.39. The molecule has 0 aliphatic carbocycles. The zero-order chi connectivity index (χ0) is 9.14. The van der Waals surface area contributed by atoms with Crippen molar-refractivity contribution < 1.29 is 9.59 Å². The van der Waals surface area contributed by atoms with Crippen LogP contribution in [0.2, 0.25) is 0 Å². The van der Waals surface area contributed by atoms with Crippen molar-refractivity contribution in [2.45, 2.75) is 38.8 Å². The minimum Gasteiger partial charge on any atom is -0.343 e. The normalized spacial score (nSPS) is 29.5. The number of nitrogens with one attached hydrogen (secondary N) is 2. The Hall–Kier alpha value is -1.06. The number of amides is 2. The molecule has 0 aromatic carbocycles.